The van der Waals surface area contributed by atoms with Crippen LogP contribution in [0.3, 0.4) is 0 Å². The van der Waals surface area contributed by atoms with Crippen LogP contribution in [0.15, 0.2) is 11.6 Å². The first-order valence-corrected chi connectivity index (χ1v) is 7.34. The summed E-state index contributed by atoms with van der Waals surface area (Å²) < 4.78 is 0. The van der Waals surface area contributed by atoms with Crippen molar-refractivity contribution in [3.05, 3.63) is 11.6 Å². The number of hydrogen-bond donors (Lipinski definition) is 1. The number of hydrogen-bond acceptors (Lipinski definition) is 3. The Morgan fingerprint density at radius 1 is 1.35 bits per heavy atom. The minimum absolute atomic E-state index is 0.150. The molecule has 1 aromatic rings. The molecular formula is C13H22N2OS. The van der Waals surface area contributed by atoms with Crippen LogP contribution in [-0.2, 0) is 4.79 Å². The van der Waals surface area contributed by atoms with E-state index < -0.39 is 0 Å². The topological polar surface area (TPSA) is 42.0 Å². The van der Waals surface area contributed by atoms with Crippen molar-refractivity contribution >= 4 is 22.4 Å². The van der Waals surface area contributed by atoms with Crippen molar-refractivity contribution in [3.8, 4) is 0 Å². The predicted octanol–water partition coefficient (Wildman–Crippen LogP) is 3.93. The Morgan fingerprint density at radius 3 is 2.53 bits per heavy atom. The van der Waals surface area contributed by atoms with Crippen LogP contribution in [0.25, 0.3) is 0 Å². The summed E-state index contributed by atoms with van der Waals surface area (Å²) in [6.07, 6.45) is 6.12. The van der Waals surface area contributed by atoms with Crippen molar-refractivity contribution < 1.29 is 4.79 Å². The van der Waals surface area contributed by atoms with E-state index in [9.17, 15) is 4.79 Å². The minimum Gasteiger partial charge on any atom is -0.302 e. The number of rotatable bonds is 2. The number of nitrogens with one attached hydrogen (secondary N) is 1. The fourth-order valence-electron chi connectivity index (χ4n) is 2.01. The van der Waals surface area contributed by atoms with E-state index >= 15 is 0 Å². The zero-order valence-electron chi connectivity index (χ0n) is 10.9. The molecule has 3 nitrogen and oxygen atoms in total. The van der Waals surface area contributed by atoms with Gasteiger partial charge < -0.3 is 5.32 Å². The number of nitrogens with zero attached hydrogens (tertiary/aromatic N) is 1. The van der Waals surface area contributed by atoms with E-state index in [0.29, 0.717) is 0 Å². The van der Waals surface area contributed by atoms with Gasteiger partial charge in [-0.3, -0.25) is 4.79 Å². The Kier molecular flexibility index (Phi) is 6.19. The molecule has 1 N–H and O–H groups in total. The fraction of sp³-hybridized carbons (Fsp3) is 0.692. The van der Waals surface area contributed by atoms with Crippen molar-refractivity contribution in [2.24, 2.45) is 11.8 Å². The van der Waals surface area contributed by atoms with Crippen molar-refractivity contribution in [3.63, 3.8) is 0 Å². The van der Waals surface area contributed by atoms with E-state index in [4.69, 9.17) is 0 Å². The third-order valence-electron chi connectivity index (χ3n) is 3.05. The molecule has 0 aliphatic heterocycles. The Morgan fingerprint density at radius 2 is 2.00 bits per heavy atom. The van der Waals surface area contributed by atoms with Gasteiger partial charge in [0, 0.05) is 17.5 Å². The fourth-order valence-corrected chi connectivity index (χ4v) is 2.55. The predicted molar refractivity (Wildman–Crippen MR) is 73.2 cm³/mol. The average Bonchev–Trinajstić information content (AvgIpc) is 2.85. The lowest BCUT2D eigenvalue weighted by Gasteiger charge is -2.24. The number of thiazole rings is 1. The minimum atomic E-state index is 0.150. The molecule has 17 heavy (non-hydrogen) atoms. The second-order valence-electron chi connectivity index (χ2n) is 4.28. The molecular weight excluding hydrogens is 232 g/mol. The molecule has 1 amide bonds. The normalized spacial score (nSPS) is 23.5. The van der Waals surface area contributed by atoms with E-state index in [1.54, 1.807) is 6.20 Å². The summed E-state index contributed by atoms with van der Waals surface area (Å²) in [5.41, 5.74) is 0. The van der Waals surface area contributed by atoms with Gasteiger partial charge in [0.05, 0.1) is 0 Å². The maximum atomic E-state index is 11.8. The van der Waals surface area contributed by atoms with Gasteiger partial charge in [0.1, 0.15) is 0 Å². The van der Waals surface area contributed by atoms with Crippen LogP contribution in [0.1, 0.15) is 46.5 Å². The molecule has 1 saturated carbocycles. The molecule has 96 valence electrons. The van der Waals surface area contributed by atoms with E-state index in [0.717, 1.165) is 23.9 Å². The van der Waals surface area contributed by atoms with Crippen molar-refractivity contribution in [2.75, 3.05) is 5.32 Å². The van der Waals surface area contributed by atoms with Crippen LogP contribution in [0.5, 0.6) is 0 Å². The summed E-state index contributed by atoms with van der Waals surface area (Å²) in [7, 11) is 0. The van der Waals surface area contributed by atoms with Gasteiger partial charge in [-0.25, -0.2) is 4.98 Å². The second-order valence-corrected chi connectivity index (χ2v) is 5.18. The number of carbonyl (C=O) groups excluding carboxylic acids is 1. The van der Waals surface area contributed by atoms with Gasteiger partial charge >= 0.3 is 0 Å². The van der Waals surface area contributed by atoms with Crippen LogP contribution < -0.4 is 5.32 Å². The Labute approximate surface area is 108 Å². The standard InChI is InChI=1S/C11H16N2OS.C2H6/c1-8-2-4-9(5-3-8)10(14)13-11-12-6-7-15-11;1-2/h6-9H,2-5H2,1H3,(H,12,13,14);1-2H3. The first kappa shape index (κ1) is 14.2. The SMILES string of the molecule is CC.CC1CCC(C(=O)Nc2nccs2)CC1. The molecule has 1 aromatic heterocycles. The summed E-state index contributed by atoms with van der Waals surface area (Å²) in [5.74, 6) is 1.14. The number of aromatic nitrogens is 1. The molecule has 0 bridgehead atoms. The molecule has 1 heterocycles. The quantitative estimate of drug-likeness (QED) is 0.868. The molecule has 0 saturated heterocycles. The highest BCUT2D eigenvalue weighted by Crippen LogP contribution is 2.29. The average molecular weight is 254 g/mol. The van der Waals surface area contributed by atoms with E-state index in [2.05, 4.69) is 17.2 Å². The van der Waals surface area contributed by atoms with Crippen LogP contribution >= 0.6 is 11.3 Å². The molecule has 1 fully saturated rings. The van der Waals surface area contributed by atoms with Crippen molar-refractivity contribution in [1.29, 1.82) is 0 Å². The van der Waals surface area contributed by atoms with E-state index in [1.165, 1.54) is 24.2 Å². The summed E-state index contributed by atoms with van der Waals surface area (Å²) in [6.45, 7) is 6.26. The van der Waals surface area contributed by atoms with Gasteiger partial charge in [0.25, 0.3) is 0 Å². The van der Waals surface area contributed by atoms with E-state index in [-0.39, 0.29) is 11.8 Å². The molecule has 1 aliphatic carbocycles. The lowest BCUT2D eigenvalue weighted by atomic mass is 9.82. The highest BCUT2D eigenvalue weighted by Gasteiger charge is 2.24. The molecule has 4 heteroatoms. The molecule has 0 aromatic carbocycles. The highest BCUT2D eigenvalue weighted by molar-refractivity contribution is 7.13. The van der Waals surface area contributed by atoms with Crippen LogP contribution in [0.4, 0.5) is 5.13 Å². The molecule has 0 radical (unpaired) electrons. The largest absolute Gasteiger partial charge is 0.302 e. The number of anilines is 1. The maximum Gasteiger partial charge on any atom is 0.229 e. The lowest BCUT2D eigenvalue weighted by molar-refractivity contribution is -0.121. The van der Waals surface area contributed by atoms with Crippen LogP contribution in [0, 0.1) is 11.8 Å². The Bertz CT molecular complexity index is 316. The Hall–Kier alpha value is -0.900. The third-order valence-corrected chi connectivity index (χ3v) is 3.74. The third kappa shape index (κ3) is 4.46. The lowest BCUT2D eigenvalue weighted by Crippen LogP contribution is -2.26. The van der Waals surface area contributed by atoms with Crippen molar-refractivity contribution in [2.45, 2.75) is 46.5 Å². The highest BCUT2D eigenvalue weighted by atomic mass is 32.1. The summed E-state index contributed by atoms with van der Waals surface area (Å²) in [6, 6.07) is 0. The number of amides is 1. The molecule has 0 atom stereocenters. The monoisotopic (exact) mass is 254 g/mol. The van der Waals surface area contributed by atoms with Gasteiger partial charge in [-0.05, 0) is 31.6 Å². The molecule has 2 rings (SSSR count). The van der Waals surface area contributed by atoms with Crippen molar-refractivity contribution in [1.82, 2.24) is 4.98 Å². The summed E-state index contributed by atoms with van der Waals surface area (Å²) in [5, 5.41) is 5.47. The van der Waals surface area contributed by atoms with Gasteiger partial charge in [-0.15, -0.1) is 11.3 Å². The van der Waals surface area contributed by atoms with Gasteiger partial charge in [-0.2, -0.15) is 0 Å². The molecule has 0 unspecified atom stereocenters. The first-order valence-electron chi connectivity index (χ1n) is 6.46. The summed E-state index contributed by atoms with van der Waals surface area (Å²) >= 11 is 1.47. The Balaban J connectivity index is 0.000000686. The smallest absolute Gasteiger partial charge is 0.229 e. The van der Waals surface area contributed by atoms with Crippen LogP contribution in [-0.4, -0.2) is 10.9 Å². The zero-order valence-corrected chi connectivity index (χ0v) is 11.7. The van der Waals surface area contributed by atoms with Crippen LogP contribution in [0.2, 0.25) is 0 Å². The van der Waals surface area contributed by atoms with Gasteiger partial charge in [0.2, 0.25) is 5.91 Å². The first-order chi connectivity index (χ1) is 8.25. The van der Waals surface area contributed by atoms with Gasteiger partial charge in [-0.1, -0.05) is 20.8 Å². The maximum absolute atomic E-state index is 11.8. The van der Waals surface area contributed by atoms with Gasteiger partial charge in [0.15, 0.2) is 5.13 Å². The number of carbonyl (C=O) groups is 1. The second kappa shape index (κ2) is 7.43. The molecule has 1 aliphatic rings. The van der Waals surface area contributed by atoms with E-state index in [1.807, 2.05) is 19.2 Å². The zero-order chi connectivity index (χ0) is 12.7. The molecule has 0 spiro atoms. The summed E-state index contributed by atoms with van der Waals surface area (Å²) in [4.78, 5) is 15.9.